The molecule has 0 radical (unpaired) electrons. The van der Waals surface area contributed by atoms with Crippen LogP contribution in [-0.4, -0.2) is 23.7 Å². The number of hydrogen-bond donors (Lipinski definition) is 2. The number of carboxylic acid groups (broad SMARTS) is 1. The molecule has 0 aliphatic heterocycles. The SMILES string of the molecule is CC(C)(CCNC1CCC1C1CC1)C(=O)O. The Bertz CT molecular complexity index is 271. The summed E-state index contributed by atoms with van der Waals surface area (Å²) in [5.74, 6) is 1.19. The first-order valence-electron chi connectivity index (χ1n) is 6.47. The number of aliphatic carboxylic acids is 1. The first kappa shape index (κ1) is 11.9. The fraction of sp³-hybridized carbons (Fsp3) is 0.923. The van der Waals surface area contributed by atoms with E-state index in [1.807, 2.05) is 0 Å². The van der Waals surface area contributed by atoms with E-state index in [0.717, 1.165) is 24.8 Å². The van der Waals surface area contributed by atoms with Crippen LogP contribution in [0.15, 0.2) is 0 Å². The van der Waals surface area contributed by atoms with Crippen LogP contribution in [0.25, 0.3) is 0 Å². The number of nitrogens with one attached hydrogen (secondary N) is 1. The summed E-state index contributed by atoms with van der Waals surface area (Å²) in [6.07, 6.45) is 6.22. The molecule has 0 saturated heterocycles. The Labute approximate surface area is 97.6 Å². The summed E-state index contributed by atoms with van der Waals surface area (Å²) in [5.41, 5.74) is -0.591. The third kappa shape index (κ3) is 2.57. The van der Waals surface area contributed by atoms with Gasteiger partial charge in [-0.3, -0.25) is 4.79 Å². The Morgan fingerprint density at radius 1 is 1.31 bits per heavy atom. The predicted octanol–water partition coefficient (Wildman–Crippen LogP) is 2.27. The van der Waals surface area contributed by atoms with E-state index >= 15 is 0 Å². The molecule has 2 atom stereocenters. The average Bonchev–Trinajstić information content (AvgIpc) is 2.94. The molecule has 0 heterocycles. The molecule has 0 spiro atoms. The Balaban J connectivity index is 1.66. The van der Waals surface area contributed by atoms with E-state index in [1.165, 1.54) is 25.7 Å². The molecule has 0 aromatic carbocycles. The molecule has 0 amide bonds. The summed E-state index contributed by atoms with van der Waals surface area (Å²) >= 11 is 0. The van der Waals surface area contributed by atoms with Crippen LogP contribution in [0.4, 0.5) is 0 Å². The van der Waals surface area contributed by atoms with E-state index in [9.17, 15) is 4.79 Å². The van der Waals surface area contributed by atoms with Gasteiger partial charge >= 0.3 is 5.97 Å². The third-order valence-corrected chi connectivity index (χ3v) is 4.29. The van der Waals surface area contributed by atoms with Crippen molar-refractivity contribution in [3.8, 4) is 0 Å². The summed E-state index contributed by atoms with van der Waals surface area (Å²) in [5, 5.41) is 12.5. The molecule has 2 fully saturated rings. The van der Waals surface area contributed by atoms with Crippen LogP contribution < -0.4 is 5.32 Å². The smallest absolute Gasteiger partial charge is 0.309 e. The topological polar surface area (TPSA) is 49.3 Å². The molecular weight excluding hydrogens is 202 g/mol. The van der Waals surface area contributed by atoms with E-state index < -0.39 is 11.4 Å². The second-order valence-electron chi connectivity index (χ2n) is 6.08. The van der Waals surface area contributed by atoms with Crippen LogP contribution >= 0.6 is 0 Å². The van der Waals surface area contributed by atoms with Crippen LogP contribution in [-0.2, 0) is 4.79 Å². The van der Waals surface area contributed by atoms with E-state index in [2.05, 4.69) is 5.32 Å². The largest absolute Gasteiger partial charge is 0.481 e. The predicted molar refractivity (Wildman–Crippen MR) is 63.3 cm³/mol. The van der Waals surface area contributed by atoms with E-state index in [0.29, 0.717) is 6.04 Å². The number of carbonyl (C=O) groups is 1. The van der Waals surface area contributed by atoms with Gasteiger partial charge in [0.25, 0.3) is 0 Å². The van der Waals surface area contributed by atoms with Gasteiger partial charge in [0.2, 0.25) is 0 Å². The minimum absolute atomic E-state index is 0.591. The molecule has 2 aliphatic rings. The van der Waals surface area contributed by atoms with Crippen molar-refractivity contribution in [2.75, 3.05) is 6.54 Å². The highest BCUT2D eigenvalue weighted by Crippen LogP contribution is 2.46. The average molecular weight is 225 g/mol. The van der Waals surface area contributed by atoms with Crippen LogP contribution in [0.3, 0.4) is 0 Å². The second-order valence-corrected chi connectivity index (χ2v) is 6.08. The second kappa shape index (κ2) is 4.36. The van der Waals surface area contributed by atoms with Crippen LogP contribution in [0.2, 0.25) is 0 Å². The number of rotatable bonds is 6. The van der Waals surface area contributed by atoms with E-state index in [-0.39, 0.29) is 0 Å². The molecule has 0 aromatic rings. The first-order chi connectivity index (χ1) is 7.50. The van der Waals surface area contributed by atoms with Gasteiger partial charge in [0.05, 0.1) is 5.41 Å². The molecule has 3 nitrogen and oxygen atoms in total. The normalized spacial score (nSPS) is 29.9. The van der Waals surface area contributed by atoms with Crippen molar-refractivity contribution in [2.24, 2.45) is 17.3 Å². The van der Waals surface area contributed by atoms with Crippen molar-refractivity contribution >= 4 is 5.97 Å². The maximum Gasteiger partial charge on any atom is 0.309 e. The van der Waals surface area contributed by atoms with Gasteiger partial charge in [-0.25, -0.2) is 0 Å². The monoisotopic (exact) mass is 225 g/mol. The molecule has 0 bridgehead atoms. The maximum absolute atomic E-state index is 10.9. The van der Waals surface area contributed by atoms with Crippen LogP contribution in [0.1, 0.15) is 46.0 Å². The summed E-state index contributed by atoms with van der Waals surface area (Å²) in [7, 11) is 0. The highest BCUT2D eigenvalue weighted by Gasteiger charge is 2.41. The quantitative estimate of drug-likeness (QED) is 0.729. The zero-order valence-corrected chi connectivity index (χ0v) is 10.3. The summed E-state index contributed by atoms with van der Waals surface area (Å²) in [4.78, 5) is 10.9. The fourth-order valence-corrected chi connectivity index (χ4v) is 2.54. The fourth-order valence-electron chi connectivity index (χ4n) is 2.54. The van der Waals surface area contributed by atoms with Gasteiger partial charge in [-0.2, -0.15) is 0 Å². The maximum atomic E-state index is 10.9. The highest BCUT2D eigenvalue weighted by molar-refractivity contribution is 5.73. The zero-order valence-electron chi connectivity index (χ0n) is 10.3. The van der Waals surface area contributed by atoms with Crippen molar-refractivity contribution in [1.82, 2.24) is 5.32 Å². The molecule has 3 heteroatoms. The van der Waals surface area contributed by atoms with Crippen molar-refractivity contribution in [1.29, 1.82) is 0 Å². The van der Waals surface area contributed by atoms with Crippen LogP contribution in [0, 0.1) is 17.3 Å². The minimum atomic E-state index is -0.693. The summed E-state index contributed by atoms with van der Waals surface area (Å²) in [6, 6.07) is 0.678. The third-order valence-electron chi connectivity index (χ3n) is 4.29. The van der Waals surface area contributed by atoms with Crippen molar-refractivity contribution in [2.45, 2.75) is 52.0 Å². The molecule has 92 valence electrons. The lowest BCUT2D eigenvalue weighted by Gasteiger charge is -2.38. The van der Waals surface area contributed by atoms with Gasteiger partial charge in [-0.15, -0.1) is 0 Å². The van der Waals surface area contributed by atoms with E-state index in [1.54, 1.807) is 13.8 Å². The lowest BCUT2D eigenvalue weighted by molar-refractivity contribution is -0.147. The van der Waals surface area contributed by atoms with Gasteiger partial charge in [0.15, 0.2) is 0 Å². The molecule has 2 N–H and O–H groups in total. The minimum Gasteiger partial charge on any atom is -0.481 e. The van der Waals surface area contributed by atoms with Crippen molar-refractivity contribution < 1.29 is 9.90 Å². The summed E-state index contributed by atoms with van der Waals surface area (Å²) < 4.78 is 0. The molecule has 2 saturated carbocycles. The first-order valence-corrected chi connectivity index (χ1v) is 6.47. The molecule has 0 aromatic heterocycles. The van der Waals surface area contributed by atoms with Gasteiger partial charge in [0, 0.05) is 6.04 Å². The Kier molecular flexibility index (Phi) is 3.24. The standard InChI is InChI=1S/C13H23NO2/c1-13(2,12(15)16)7-8-14-11-6-5-10(11)9-3-4-9/h9-11,14H,3-8H2,1-2H3,(H,15,16). The van der Waals surface area contributed by atoms with Gasteiger partial charge < -0.3 is 10.4 Å². The molecule has 2 rings (SSSR count). The molecule has 2 unspecified atom stereocenters. The molecular formula is C13H23NO2. The van der Waals surface area contributed by atoms with Crippen molar-refractivity contribution in [3.05, 3.63) is 0 Å². The molecule has 16 heavy (non-hydrogen) atoms. The van der Waals surface area contributed by atoms with Gasteiger partial charge in [-0.1, -0.05) is 0 Å². The lowest BCUT2D eigenvalue weighted by atomic mass is 9.76. The van der Waals surface area contributed by atoms with Crippen LogP contribution in [0.5, 0.6) is 0 Å². The highest BCUT2D eigenvalue weighted by atomic mass is 16.4. The van der Waals surface area contributed by atoms with E-state index in [4.69, 9.17) is 5.11 Å². The lowest BCUT2D eigenvalue weighted by Crippen LogP contribution is -2.46. The Morgan fingerprint density at radius 2 is 2.00 bits per heavy atom. The van der Waals surface area contributed by atoms with Gasteiger partial charge in [-0.05, 0) is 64.3 Å². The zero-order chi connectivity index (χ0) is 11.8. The Morgan fingerprint density at radius 3 is 2.44 bits per heavy atom. The number of carboxylic acids is 1. The summed E-state index contributed by atoms with van der Waals surface area (Å²) in [6.45, 7) is 4.44. The number of hydrogen-bond acceptors (Lipinski definition) is 2. The van der Waals surface area contributed by atoms with Crippen molar-refractivity contribution in [3.63, 3.8) is 0 Å². The Hall–Kier alpha value is -0.570. The van der Waals surface area contributed by atoms with Gasteiger partial charge in [0.1, 0.15) is 0 Å². The molecule has 2 aliphatic carbocycles.